The predicted octanol–water partition coefficient (Wildman–Crippen LogP) is 6.67. The molecule has 4 aromatic rings. The lowest BCUT2D eigenvalue weighted by atomic mass is 9.83. The van der Waals surface area contributed by atoms with Crippen LogP contribution >= 0.6 is 46.3 Å². The fourth-order valence-corrected chi connectivity index (χ4v) is 8.54. The van der Waals surface area contributed by atoms with Gasteiger partial charge < -0.3 is 5.32 Å². The molecule has 3 aromatic carbocycles. The number of carbonyl (C=O) groups excluding carboxylic acids is 3. The van der Waals surface area contributed by atoms with Crippen LogP contribution in [0.4, 0.5) is 24.5 Å². The van der Waals surface area contributed by atoms with E-state index in [0.29, 0.717) is 16.1 Å². The van der Waals surface area contributed by atoms with Gasteiger partial charge in [0.1, 0.15) is 11.8 Å². The van der Waals surface area contributed by atoms with Crippen molar-refractivity contribution in [2.24, 2.45) is 5.92 Å². The third-order valence-corrected chi connectivity index (χ3v) is 10.6. The number of thioether (sulfide) groups is 1. The minimum absolute atomic E-state index is 0.151. The number of rotatable bonds is 5. The maximum Gasteiger partial charge on any atom is 0.418 e. The van der Waals surface area contributed by atoms with Crippen molar-refractivity contribution in [2.45, 2.75) is 28.9 Å². The SMILES string of the molecule is O=C(Cn1c2c(sc1=O)C(c1cccc(Cl)c1Cl)C1C(=O)N(c3ccccc3)C(=O)C1S2)Nc1ccccc1C(F)(F)F. The summed E-state index contributed by atoms with van der Waals surface area (Å²) >= 11 is 14.7. The van der Waals surface area contributed by atoms with Crippen LogP contribution in [0.2, 0.25) is 10.0 Å². The smallest absolute Gasteiger partial charge is 0.324 e. The van der Waals surface area contributed by atoms with Gasteiger partial charge in [-0.3, -0.25) is 23.7 Å². The number of aromatic nitrogens is 1. The number of anilines is 2. The van der Waals surface area contributed by atoms with E-state index in [4.69, 9.17) is 23.2 Å². The number of alkyl halides is 3. The van der Waals surface area contributed by atoms with Gasteiger partial charge in [-0.05, 0) is 35.9 Å². The molecule has 0 aliphatic carbocycles. The molecule has 0 saturated carbocycles. The summed E-state index contributed by atoms with van der Waals surface area (Å²) < 4.78 is 41.6. The Hall–Kier alpha value is -3.58. The summed E-state index contributed by atoms with van der Waals surface area (Å²) in [7, 11) is 0. The summed E-state index contributed by atoms with van der Waals surface area (Å²) in [6.07, 6.45) is -4.71. The zero-order valence-electron chi connectivity index (χ0n) is 21.6. The molecule has 3 heterocycles. The van der Waals surface area contributed by atoms with E-state index in [1.165, 1.54) is 12.1 Å². The van der Waals surface area contributed by atoms with Gasteiger partial charge in [0.25, 0.3) is 0 Å². The van der Waals surface area contributed by atoms with E-state index < -0.39 is 63.7 Å². The Kier molecular flexibility index (Phi) is 7.66. The number of benzene rings is 3. The van der Waals surface area contributed by atoms with Crippen LogP contribution in [0, 0.1) is 5.92 Å². The summed E-state index contributed by atoms with van der Waals surface area (Å²) in [6.45, 7) is -0.623. The molecule has 0 bridgehead atoms. The average molecular weight is 665 g/mol. The lowest BCUT2D eigenvalue weighted by molar-refractivity contribution is -0.137. The Morgan fingerprint density at radius 2 is 1.60 bits per heavy atom. The summed E-state index contributed by atoms with van der Waals surface area (Å²) in [5.74, 6) is -3.66. The third kappa shape index (κ3) is 5.16. The number of hydrogen-bond donors (Lipinski definition) is 1. The number of para-hydroxylation sites is 2. The van der Waals surface area contributed by atoms with Gasteiger partial charge in [0, 0.05) is 10.8 Å². The zero-order chi connectivity index (χ0) is 30.6. The molecule has 2 aliphatic heterocycles. The summed E-state index contributed by atoms with van der Waals surface area (Å²) in [4.78, 5) is 54.9. The van der Waals surface area contributed by atoms with Crippen molar-refractivity contribution in [1.29, 1.82) is 0 Å². The van der Waals surface area contributed by atoms with Crippen LogP contribution in [0.1, 0.15) is 21.9 Å². The lowest BCUT2D eigenvalue weighted by Crippen LogP contribution is -2.33. The molecule has 14 heteroatoms. The molecule has 3 unspecified atom stereocenters. The van der Waals surface area contributed by atoms with Crippen LogP contribution in [0.25, 0.3) is 0 Å². The number of thiazole rings is 1. The van der Waals surface area contributed by atoms with Crippen molar-refractivity contribution in [3.05, 3.63) is 109 Å². The van der Waals surface area contributed by atoms with E-state index in [0.717, 1.165) is 44.7 Å². The summed E-state index contributed by atoms with van der Waals surface area (Å²) in [5, 5.41) is 1.89. The Bertz CT molecular complexity index is 1840. The van der Waals surface area contributed by atoms with E-state index in [1.807, 2.05) is 0 Å². The first kappa shape index (κ1) is 29.5. The molecule has 220 valence electrons. The van der Waals surface area contributed by atoms with E-state index in [2.05, 4.69) is 5.32 Å². The largest absolute Gasteiger partial charge is 0.418 e. The number of nitrogens with one attached hydrogen (secondary N) is 1. The second kappa shape index (κ2) is 11.2. The topological polar surface area (TPSA) is 88.5 Å². The molecule has 7 nitrogen and oxygen atoms in total. The molecule has 1 N–H and O–H groups in total. The Balaban J connectivity index is 1.42. The normalized spacial score (nSPS) is 19.7. The Labute approximate surface area is 260 Å². The first-order valence-corrected chi connectivity index (χ1v) is 15.2. The molecule has 1 saturated heterocycles. The Morgan fingerprint density at radius 3 is 2.33 bits per heavy atom. The van der Waals surface area contributed by atoms with E-state index in [1.54, 1.807) is 48.5 Å². The molecule has 1 aromatic heterocycles. The van der Waals surface area contributed by atoms with Crippen molar-refractivity contribution < 1.29 is 27.6 Å². The van der Waals surface area contributed by atoms with Gasteiger partial charge in [0.2, 0.25) is 17.7 Å². The van der Waals surface area contributed by atoms with Crippen molar-refractivity contribution in [3.8, 4) is 0 Å². The van der Waals surface area contributed by atoms with E-state index in [9.17, 15) is 32.3 Å². The van der Waals surface area contributed by atoms with Crippen LogP contribution in [-0.2, 0) is 27.1 Å². The first-order chi connectivity index (χ1) is 20.5. The standard InChI is InChI=1S/C29H18Cl2F3N3O4S2/c30-17-11-6-9-15(22(17)31)20-21-23(26(40)37(25(21)39)14-7-2-1-3-8-14)42-27-24(20)43-28(41)36(27)13-19(38)35-18-12-5-4-10-16(18)29(32,33)34/h1-12,20-21,23H,13H2,(H,35,38). The molecule has 0 spiro atoms. The second-order valence-corrected chi connectivity index (χ2v) is 12.7. The van der Waals surface area contributed by atoms with Gasteiger partial charge >= 0.3 is 11.0 Å². The highest BCUT2D eigenvalue weighted by Gasteiger charge is 2.57. The van der Waals surface area contributed by atoms with Gasteiger partial charge in [-0.1, -0.05) is 88.8 Å². The fraction of sp³-hybridized carbons (Fsp3) is 0.172. The Morgan fingerprint density at radius 1 is 0.907 bits per heavy atom. The third-order valence-electron chi connectivity index (χ3n) is 7.19. The minimum Gasteiger partial charge on any atom is -0.324 e. The number of amides is 3. The van der Waals surface area contributed by atoms with Crippen molar-refractivity contribution >= 4 is 75.4 Å². The first-order valence-electron chi connectivity index (χ1n) is 12.7. The van der Waals surface area contributed by atoms with Crippen molar-refractivity contribution in [1.82, 2.24) is 4.57 Å². The van der Waals surface area contributed by atoms with E-state index in [-0.39, 0.29) is 15.1 Å². The highest BCUT2D eigenvalue weighted by Crippen LogP contribution is 2.55. The molecule has 2 aliphatic rings. The number of halogens is 5. The molecule has 6 rings (SSSR count). The molecular formula is C29H18Cl2F3N3O4S2. The average Bonchev–Trinajstić information content (AvgIpc) is 3.41. The minimum atomic E-state index is -4.71. The highest BCUT2D eigenvalue weighted by atomic mass is 35.5. The fourth-order valence-electron chi connectivity index (χ4n) is 5.36. The molecule has 3 atom stereocenters. The molecular weight excluding hydrogens is 646 g/mol. The lowest BCUT2D eigenvalue weighted by Gasteiger charge is -2.31. The van der Waals surface area contributed by atoms with Gasteiger partial charge in [-0.2, -0.15) is 13.2 Å². The van der Waals surface area contributed by atoms with Gasteiger partial charge in [0.05, 0.1) is 37.9 Å². The van der Waals surface area contributed by atoms with Crippen LogP contribution in [0.5, 0.6) is 0 Å². The van der Waals surface area contributed by atoms with Crippen molar-refractivity contribution in [3.63, 3.8) is 0 Å². The van der Waals surface area contributed by atoms with Crippen LogP contribution in [-0.4, -0.2) is 27.5 Å². The quantitative estimate of drug-likeness (QED) is 0.241. The van der Waals surface area contributed by atoms with Crippen LogP contribution < -0.4 is 15.1 Å². The van der Waals surface area contributed by atoms with Crippen molar-refractivity contribution in [2.75, 3.05) is 10.2 Å². The van der Waals surface area contributed by atoms with Crippen LogP contribution in [0.3, 0.4) is 0 Å². The number of fused-ring (bicyclic) bond motifs is 2. The number of imide groups is 1. The predicted molar refractivity (Wildman–Crippen MR) is 159 cm³/mol. The second-order valence-electron chi connectivity index (χ2n) is 9.75. The highest BCUT2D eigenvalue weighted by molar-refractivity contribution is 8.00. The summed E-state index contributed by atoms with van der Waals surface area (Å²) in [5.41, 5.74) is -0.680. The molecule has 3 amide bonds. The maximum absolute atomic E-state index is 13.9. The number of nitrogens with zero attached hydrogens (tertiary/aromatic N) is 2. The van der Waals surface area contributed by atoms with Gasteiger partial charge in [0.15, 0.2) is 0 Å². The van der Waals surface area contributed by atoms with Crippen LogP contribution in [0.15, 0.2) is 82.6 Å². The molecule has 43 heavy (non-hydrogen) atoms. The molecule has 0 radical (unpaired) electrons. The maximum atomic E-state index is 13.9. The monoisotopic (exact) mass is 663 g/mol. The van der Waals surface area contributed by atoms with E-state index >= 15 is 0 Å². The summed E-state index contributed by atoms with van der Waals surface area (Å²) in [6, 6.07) is 17.8. The number of hydrogen-bond acceptors (Lipinski definition) is 6. The zero-order valence-corrected chi connectivity index (χ0v) is 24.7. The van der Waals surface area contributed by atoms with Gasteiger partial charge in [-0.25, -0.2) is 4.90 Å². The van der Waals surface area contributed by atoms with Gasteiger partial charge in [-0.15, -0.1) is 0 Å². The number of carbonyl (C=O) groups is 3. The molecule has 1 fully saturated rings.